The summed E-state index contributed by atoms with van der Waals surface area (Å²) in [6.07, 6.45) is -1.02. The molecule has 4 amide bonds. The summed E-state index contributed by atoms with van der Waals surface area (Å²) in [7, 11) is 1.28. The van der Waals surface area contributed by atoms with Gasteiger partial charge in [0.1, 0.15) is 0 Å². The molecule has 7 nitrogen and oxygen atoms in total. The molecule has 1 heterocycles. The van der Waals surface area contributed by atoms with E-state index in [0.717, 1.165) is 4.90 Å². The van der Waals surface area contributed by atoms with Crippen molar-refractivity contribution in [2.24, 2.45) is 0 Å². The van der Waals surface area contributed by atoms with E-state index in [2.05, 4.69) is 10.1 Å². The number of rotatable bonds is 3. The van der Waals surface area contributed by atoms with Crippen LogP contribution in [0.15, 0.2) is 0 Å². The lowest BCUT2D eigenvalue weighted by molar-refractivity contribution is -0.145. The van der Waals surface area contributed by atoms with Crippen molar-refractivity contribution in [3.8, 4) is 0 Å². The highest BCUT2D eigenvalue weighted by Crippen LogP contribution is 2.23. The van der Waals surface area contributed by atoms with E-state index in [0.29, 0.717) is 0 Å². The molecule has 1 rings (SSSR count). The van der Waals surface area contributed by atoms with Crippen LogP contribution in [0.2, 0.25) is 0 Å². The average molecular weight is 247 g/mol. The van der Waals surface area contributed by atoms with Gasteiger partial charge < -0.3 is 10.1 Å². The second-order valence-corrected chi connectivity index (χ2v) is 3.92. The van der Waals surface area contributed by atoms with Gasteiger partial charge in [0.2, 0.25) is 6.17 Å². The van der Waals surface area contributed by atoms with Gasteiger partial charge in [0.05, 0.1) is 7.11 Å². The average Bonchev–Trinajstić information content (AvgIpc) is 2.28. The fourth-order valence-electron chi connectivity index (χ4n) is 1.37. The van der Waals surface area contributed by atoms with Gasteiger partial charge in [-0.1, -0.05) is 0 Å². The van der Waals surface area contributed by atoms with Crippen LogP contribution in [0.3, 0.4) is 0 Å². The summed E-state index contributed by atoms with van der Waals surface area (Å²) in [6, 6.07) is -1.04. The van der Waals surface area contributed by atoms with Crippen molar-refractivity contribution in [3.63, 3.8) is 0 Å². The Bertz CT molecular complexity index is 322. The molecule has 0 aromatic heterocycles. The van der Waals surface area contributed by atoms with Crippen LogP contribution < -0.4 is 5.32 Å². The predicted molar refractivity (Wildman–Crippen MR) is 58.2 cm³/mol. The van der Waals surface area contributed by atoms with Crippen molar-refractivity contribution >= 4 is 26.8 Å². The summed E-state index contributed by atoms with van der Waals surface area (Å²) in [5.41, 5.74) is 0. The first kappa shape index (κ1) is 12.7. The SMILES string of the molecule is CCN1C(=O)NC(C(=O)OC)N(PC)C1=O. The van der Waals surface area contributed by atoms with Gasteiger partial charge in [0.25, 0.3) is 0 Å². The van der Waals surface area contributed by atoms with Crippen molar-refractivity contribution in [3.05, 3.63) is 0 Å². The molecule has 1 saturated heterocycles. The van der Waals surface area contributed by atoms with Gasteiger partial charge in [-0.05, 0) is 22.3 Å². The van der Waals surface area contributed by atoms with Crippen LogP contribution in [0.4, 0.5) is 9.59 Å². The van der Waals surface area contributed by atoms with Crippen molar-refractivity contribution in [1.82, 2.24) is 14.9 Å². The first-order chi connectivity index (χ1) is 7.56. The highest BCUT2D eigenvalue weighted by Gasteiger charge is 2.41. The molecule has 0 aromatic rings. The zero-order valence-corrected chi connectivity index (χ0v) is 10.3. The van der Waals surface area contributed by atoms with Gasteiger partial charge in [-0.2, -0.15) is 0 Å². The normalized spacial score (nSPS) is 21.6. The lowest BCUT2D eigenvalue weighted by atomic mass is 10.4. The van der Waals surface area contributed by atoms with Crippen LogP contribution in [0.5, 0.6) is 0 Å². The number of hydrogen-bond donors (Lipinski definition) is 1. The van der Waals surface area contributed by atoms with Gasteiger partial charge in [0.15, 0.2) is 0 Å². The summed E-state index contributed by atoms with van der Waals surface area (Å²) >= 11 is 0. The molecule has 1 aliphatic heterocycles. The molecule has 1 fully saturated rings. The first-order valence-corrected chi connectivity index (χ1v) is 6.18. The lowest BCUT2D eigenvalue weighted by Gasteiger charge is -2.38. The molecular formula is C8H14N3O4P. The number of ether oxygens (including phenoxy) is 1. The van der Waals surface area contributed by atoms with E-state index < -0.39 is 24.2 Å². The minimum atomic E-state index is -1.02. The van der Waals surface area contributed by atoms with E-state index in [1.54, 1.807) is 13.6 Å². The predicted octanol–water partition coefficient (Wildman–Crippen LogP) is 0.176. The lowest BCUT2D eigenvalue weighted by Crippen LogP contribution is -2.64. The Labute approximate surface area is 94.9 Å². The Morgan fingerprint density at radius 3 is 2.62 bits per heavy atom. The second kappa shape index (κ2) is 5.12. The quantitative estimate of drug-likeness (QED) is 0.569. The molecule has 2 unspecified atom stereocenters. The third-order valence-electron chi connectivity index (χ3n) is 2.18. The van der Waals surface area contributed by atoms with E-state index in [-0.39, 0.29) is 15.3 Å². The molecule has 8 heteroatoms. The fourth-order valence-corrected chi connectivity index (χ4v) is 2.11. The van der Waals surface area contributed by atoms with Crippen LogP contribution in [0.25, 0.3) is 0 Å². The van der Waals surface area contributed by atoms with E-state index in [4.69, 9.17) is 0 Å². The standard InChI is InChI=1S/C8H14N3O4P/c1-4-10-7(13)9-5(6(12)15-2)11(16-3)8(10)14/h5,16H,4H2,1-3H3,(H,9,13). The fraction of sp³-hybridized carbons (Fsp3) is 0.625. The Kier molecular flexibility index (Phi) is 4.06. The highest BCUT2D eigenvalue weighted by molar-refractivity contribution is 7.35. The summed E-state index contributed by atoms with van der Waals surface area (Å²) in [5.74, 6) is -0.646. The number of hydrogen-bond acceptors (Lipinski definition) is 4. The number of amides is 4. The number of urea groups is 2. The van der Waals surface area contributed by atoms with Crippen LogP contribution in [-0.2, 0) is 9.53 Å². The Balaban J connectivity index is 2.94. The Morgan fingerprint density at radius 1 is 1.56 bits per heavy atom. The maximum atomic E-state index is 11.8. The maximum Gasteiger partial charge on any atom is 0.350 e. The zero-order chi connectivity index (χ0) is 12.3. The molecule has 0 saturated carbocycles. The van der Waals surface area contributed by atoms with E-state index in [1.165, 1.54) is 11.8 Å². The minimum Gasteiger partial charge on any atom is -0.466 e. The number of nitrogens with one attached hydrogen (secondary N) is 1. The Hall–Kier alpha value is -1.36. The van der Waals surface area contributed by atoms with Gasteiger partial charge in [-0.15, -0.1) is 0 Å². The first-order valence-electron chi connectivity index (χ1n) is 4.73. The summed E-state index contributed by atoms with van der Waals surface area (Å²) < 4.78 is 5.80. The molecule has 16 heavy (non-hydrogen) atoms. The third kappa shape index (κ3) is 2.09. The molecule has 90 valence electrons. The molecule has 0 aromatic carbocycles. The number of carbonyl (C=O) groups excluding carboxylic acids is 3. The smallest absolute Gasteiger partial charge is 0.350 e. The van der Waals surface area contributed by atoms with Crippen LogP contribution in [-0.4, -0.2) is 54.1 Å². The van der Waals surface area contributed by atoms with E-state index >= 15 is 0 Å². The van der Waals surface area contributed by atoms with Crippen LogP contribution in [0.1, 0.15) is 6.92 Å². The third-order valence-corrected chi connectivity index (χ3v) is 3.11. The molecule has 1 N–H and O–H groups in total. The molecular weight excluding hydrogens is 233 g/mol. The molecule has 0 radical (unpaired) electrons. The topological polar surface area (TPSA) is 79.0 Å². The molecule has 0 bridgehead atoms. The molecule has 0 aliphatic carbocycles. The van der Waals surface area contributed by atoms with Crippen molar-refractivity contribution in [2.45, 2.75) is 13.1 Å². The van der Waals surface area contributed by atoms with Gasteiger partial charge in [0, 0.05) is 6.54 Å². The van der Waals surface area contributed by atoms with Crippen LogP contribution >= 0.6 is 8.73 Å². The summed E-state index contributed by atoms with van der Waals surface area (Å²) in [6.45, 7) is 3.70. The number of carbonyl (C=O) groups is 3. The molecule has 0 spiro atoms. The van der Waals surface area contributed by atoms with Gasteiger partial charge in [-0.3, -0.25) is 4.67 Å². The number of nitrogens with zero attached hydrogens (tertiary/aromatic N) is 2. The maximum absolute atomic E-state index is 11.8. The minimum absolute atomic E-state index is 0.0687. The van der Waals surface area contributed by atoms with Crippen molar-refractivity contribution < 1.29 is 19.1 Å². The Morgan fingerprint density at radius 2 is 2.19 bits per heavy atom. The van der Waals surface area contributed by atoms with Gasteiger partial charge >= 0.3 is 18.0 Å². The monoisotopic (exact) mass is 247 g/mol. The van der Waals surface area contributed by atoms with Crippen molar-refractivity contribution in [2.75, 3.05) is 20.3 Å². The highest BCUT2D eigenvalue weighted by atomic mass is 31.1. The number of methoxy groups -OCH3 is 1. The number of imide groups is 1. The van der Waals surface area contributed by atoms with Crippen LogP contribution in [0, 0.1) is 0 Å². The molecule has 2 atom stereocenters. The zero-order valence-electron chi connectivity index (χ0n) is 9.31. The van der Waals surface area contributed by atoms with E-state index in [9.17, 15) is 14.4 Å². The summed E-state index contributed by atoms with van der Waals surface area (Å²) in [4.78, 5) is 35.7. The molecule has 1 aliphatic rings. The van der Waals surface area contributed by atoms with Crippen molar-refractivity contribution in [1.29, 1.82) is 0 Å². The summed E-state index contributed by atoms with van der Waals surface area (Å²) in [5, 5.41) is 2.42. The van der Waals surface area contributed by atoms with Gasteiger partial charge in [-0.25, -0.2) is 19.3 Å². The second-order valence-electron chi connectivity index (χ2n) is 3.00. The number of esters is 1. The largest absolute Gasteiger partial charge is 0.466 e. The van der Waals surface area contributed by atoms with E-state index in [1.807, 2.05) is 0 Å².